The lowest BCUT2D eigenvalue weighted by Crippen LogP contribution is -2.39. The molecule has 0 radical (unpaired) electrons. The third-order valence-electron chi connectivity index (χ3n) is 7.82. The van der Waals surface area contributed by atoms with E-state index in [4.69, 9.17) is 10.6 Å². The van der Waals surface area contributed by atoms with Crippen LogP contribution < -0.4 is 22.0 Å². The van der Waals surface area contributed by atoms with Crippen molar-refractivity contribution in [3.8, 4) is 16.1 Å². The summed E-state index contributed by atoms with van der Waals surface area (Å²) in [6, 6.07) is 21.7. The van der Waals surface area contributed by atoms with Gasteiger partial charge in [-0.3, -0.25) is 24.1 Å². The molecule has 3 aromatic heterocycles. The predicted octanol–water partition coefficient (Wildman–Crippen LogP) is 5.68. The second-order valence-corrected chi connectivity index (χ2v) is 12.0. The molecule has 0 fully saturated rings. The Bertz CT molecular complexity index is 2200. The van der Waals surface area contributed by atoms with Crippen LogP contribution in [0.1, 0.15) is 16.7 Å². The van der Waals surface area contributed by atoms with Crippen molar-refractivity contribution in [3.63, 3.8) is 0 Å². The van der Waals surface area contributed by atoms with Crippen LogP contribution in [0.15, 0.2) is 107 Å². The van der Waals surface area contributed by atoms with E-state index in [1.54, 1.807) is 67.0 Å². The first-order valence-electron chi connectivity index (χ1n) is 14.8. The third-order valence-corrected chi connectivity index (χ3v) is 9.12. The van der Waals surface area contributed by atoms with Gasteiger partial charge in [0.05, 0.1) is 30.4 Å². The fraction of sp³-hybridized carbons (Fsp3) is 0.143. The molecule has 0 spiro atoms. The van der Waals surface area contributed by atoms with Crippen molar-refractivity contribution in [2.24, 2.45) is 5.73 Å². The van der Waals surface area contributed by atoms with Crippen molar-refractivity contribution in [1.29, 1.82) is 0 Å². The molecule has 0 unspecified atom stereocenters. The molecule has 0 saturated carbocycles. The first-order chi connectivity index (χ1) is 23.2. The molecule has 0 aliphatic carbocycles. The van der Waals surface area contributed by atoms with Gasteiger partial charge in [0.25, 0.3) is 5.56 Å². The lowest BCUT2D eigenvalue weighted by Gasteiger charge is -2.19. The van der Waals surface area contributed by atoms with Crippen LogP contribution in [-0.2, 0) is 24.5 Å². The quantitative estimate of drug-likeness (QED) is 0.188. The average molecular weight is 669 g/mol. The van der Waals surface area contributed by atoms with Crippen molar-refractivity contribution < 1.29 is 18.4 Å². The second-order valence-electron chi connectivity index (χ2n) is 11.0. The fourth-order valence-corrected chi connectivity index (χ4v) is 6.94. The number of carbonyl (C=O) groups excluding carboxylic acids is 1. The molecule has 6 rings (SSSR count). The van der Waals surface area contributed by atoms with Crippen molar-refractivity contribution in [2.45, 2.75) is 19.6 Å². The number of pyridine rings is 1. The molecule has 13 heteroatoms. The first-order valence-corrected chi connectivity index (χ1v) is 15.6. The zero-order valence-electron chi connectivity index (χ0n) is 26.0. The molecular formula is C35H30F2N6O4S. The number of anilines is 1. The van der Waals surface area contributed by atoms with Crippen LogP contribution in [0, 0.1) is 11.6 Å². The summed E-state index contributed by atoms with van der Waals surface area (Å²) in [7, 11) is 3.21. The number of fused-ring (bicyclic) bond motifs is 1. The van der Waals surface area contributed by atoms with Gasteiger partial charge in [-0.15, -0.1) is 11.3 Å². The average Bonchev–Trinajstić information content (AvgIpc) is 3.44. The fourth-order valence-electron chi connectivity index (χ4n) is 5.64. The number of aromatic nitrogens is 3. The molecule has 2 amide bonds. The summed E-state index contributed by atoms with van der Waals surface area (Å²) >= 11 is 1.17. The van der Waals surface area contributed by atoms with Gasteiger partial charge in [0.2, 0.25) is 0 Å². The van der Waals surface area contributed by atoms with E-state index in [0.29, 0.717) is 33.9 Å². The number of halogens is 2. The number of urea groups is 1. The highest BCUT2D eigenvalue weighted by Gasteiger charge is 2.26. The Kier molecular flexibility index (Phi) is 9.26. The highest BCUT2D eigenvalue weighted by molar-refractivity contribution is 7.22. The minimum Gasteiger partial charge on any atom is -0.349 e. The summed E-state index contributed by atoms with van der Waals surface area (Å²) in [6.45, 7) is 0.317. The Balaban J connectivity index is 1.62. The van der Waals surface area contributed by atoms with Gasteiger partial charge in [0.15, 0.2) is 0 Å². The molecule has 0 aliphatic heterocycles. The van der Waals surface area contributed by atoms with E-state index in [2.05, 4.69) is 4.98 Å². The van der Waals surface area contributed by atoms with Gasteiger partial charge in [-0.05, 0) is 66.2 Å². The van der Waals surface area contributed by atoms with E-state index >= 15 is 8.78 Å². The molecule has 6 aromatic rings. The van der Waals surface area contributed by atoms with Crippen LogP contribution in [0.3, 0.4) is 0 Å². The molecule has 244 valence electrons. The Hall–Kier alpha value is -5.50. The summed E-state index contributed by atoms with van der Waals surface area (Å²) in [5, 5.41) is 1.17. The number of thiophene rings is 1. The highest BCUT2D eigenvalue weighted by Crippen LogP contribution is 2.39. The van der Waals surface area contributed by atoms with E-state index in [9.17, 15) is 14.4 Å². The number of amides is 2. The Morgan fingerprint density at radius 3 is 2.25 bits per heavy atom. The lowest BCUT2D eigenvalue weighted by atomic mass is 10.1. The molecular weight excluding hydrogens is 638 g/mol. The number of nitrogens with zero attached hydrogens (tertiary/aromatic N) is 5. The van der Waals surface area contributed by atoms with E-state index in [1.165, 1.54) is 29.1 Å². The number of carbonyl (C=O) groups is 1. The maximum absolute atomic E-state index is 15.0. The molecule has 10 nitrogen and oxygen atoms in total. The van der Waals surface area contributed by atoms with Gasteiger partial charge in [-0.1, -0.05) is 42.5 Å². The number of primary amides is 1. The number of hydroxylamine groups is 1. The van der Waals surface area contributed by atoms with Gasteiger partial charge >= 0.3 is 11.7 Å². The lowest BCUT2D eigenvalue weighted by molar-refractivity contribution is 0.168. The minimum absolute atomic E-state index is 0.243. The summed E-state index contributed by atoms with van der Waals surface area (Å²) in [6.07, 6.45) is 3.44. The van der Waals surface area contributed by atoms with E-state index in [0.717, 1.165) is 27.3 Å². The number of rotatable bonds is 10. The zero-order chi connectivity index (χ0) is 33.9. The van der Waals surface area contributed by atoms with Crippen molar-refractivity contribution in [1.82, 2.24) is 19.0 Å². The Labute approximate surface area is 277 Å². The van der Waals surface area contributed by atoms with Crippen LogP contribution >= 0.6 is 11.3 Å². The zero-order valence-corrected chi connectivity index (χ0v) is 26.8. The maximum atomic E-state index is 15.0. The minimum atomic E-state index is -0.812. The molecule has 48 heavy (non-hydrogen) atoms. The number of nitrogens with two attached hydrogens (primary N) is 1. The van der Waals surface area contributed by atoms with Crippen LogP contribution in [0.2, 0.25) is 0 Å². The first kappa shape index (κ1) is 32.4. The van der Waals surface area contributed by atoms with Gasteiger partial charge in [0, 0.05) is 35.9 Å². The van der Waals surface area contributed by atoms with Gasteiger partial charge < -0.3 is 5.73 Å². The van der Waals surface area contributed by atoms with E-state index < -0.39 is 35.5 Å². The van der Waals surface area contributed by atoms with Crippen molar-refractivity contribution in [2.75, 3.05) is 19.2 Å². The summed E-state index contributed by atoms with van der Waals surface area (Å²) in [5.41, 5.74) is 6.77. The van der Waals surface area contributed by atoms with Crippen LogP contribution in [0.4, 0.5) is 19.3 Å². The monoisotopic (exact) mass is 668 g/mol. The second kappa shape index (κ2) is 13.7. The standard InChI is InChI=1S/C35H30F2N6O4S/c1-40(19-22-8-7-17-39-18-22)20-27-30-32(44)42(24-9-4-3-5-10-24)35(46)41(21-26-28(36)11-6-12-29(26)37)33(30)48-31(27)23-13-15-25(16-14-23)43(47-2)34(38)45/h3-18H,19-21H2,1-2H3,(H2,38,45). The van der Waals surface area contributed by atoms with Crippen molar-refractivity contribution >= 4 is 33.3 Å². The summed E-state index contributed by atoms with van der Waals surface area (Å²) in [4.78, 5) is 52.7. The number of hydrogen-bond donors (Lipinski definition) is 1. The van der Waals surface area contributed by atoms with Crippen LogP contribution in [0.5, 0.6) is 0 Å². The van der Waals surface area contributed by atoms with Crippen LogP contribution in [0.25, 0.3) is 26.3 Å². The molecule has 0 aliphatic rings. The number of benzene rings is 3. The Morgan fingerprint density at radius 1 is 0.917 bits per heavy atom. The summed E-state index contributed by atoms with van der Waals surface area (Å²) in [5.74, 6) is -1.62. The maximum Gasteiger partial charge on any atom is 0.343 e. The smallest absolute Gasteiger partial charge is 0.343 e. The van der Waals surface area contributed by atoms with Gasteiger partial charge in [-0.2, -0.15) is 5.06 Å². The molecule has 0 bridgehead atoms. The SMILES string of the molecule is CON(C(N)=O)c1ccc(-c2sc3c(c2CN(C)Cc2cccnc2)c(=O)n(-c2ccccc2)c(=O)n3Cc2c(F)cccc2F)cc1. The van der Waals surface area contributed by atoms with Gasteiger partial charge in [-0.25, -0.2) is 22.9 Å². The van der Waals surface area contributed by atoms with Gasteiger partial charge in [0.1, 0.15) is 16.5 Å². The Morgan fingerprint density at radius 2 is 1.62 bits per heavy atom. The summed E-state index contributed by atoms with van der Waals surface area (Å²) < 4.78 is 32.3. The molecule has 2 N–H and O–H groups in total. The van der Waals surface area contributed by atoms with E-state index in [1.807, 2.05) is 24.1 Å². The van der Waals surface area contributed by atoms with Crippen molar-refractivity contribution in [3.05, 3.63) is 146 Å². The normalized spacial score (nSPS) is 11.4. The molecule has 3 aromatic carbocycles. The largest absolute Gasteiger partial charge is 0.349 e. The van der Waals surface area contributed by atoms with E-state index in [-0.39, 0.29) is 22.3 Å². The molecule has 3 heterocycles. The number of hydrogen-bond acceptors (Lipinski definition) is 7. The molecule has 0 atom stereocenters. The number of para-hydroxylation sites is 1. The molecule has 0 saturated heterocycles. The topological polar surface area (TPSA) is 116 Å². The third kappa shape index (κ3) is 6.26. The van der Waals surface area contributed by atoms with Crippen LogP contribution in [-0.4, -0.2) is 39.2 Å². The predicted molar refractivity (Wildman–Crippen MR) is 181 cm³/mol. The highest BCUT2D eigenvalue weighted by atomic mass is 32.1.